The highest BCUT2D eigenvalue weighted by molar-refractivity contribution is 5.99. The molecule has 0 unspecified atom stereocenters. The number of nitrogens with one attached hydrogen (secondary N) is 1. The van der Waals surface area contributed by atoms with Gasteiger partial charge in [-0.15, -0.1) is 0 Å². The Bertz CT molecular complexity index is 560. The van der Waals surface area contributed by atoms with Gasteiger partial charge in [0.1, 0.15) is 0 Å². The van der Waals surface area contributed by atoms with E-state index in [0.717, 1.165) is 23.4 Å². The lowest BCUT2D eigenvalue weighted by Gasteiger charge is -2.57. The zero-order valence-electron chi connectivity index (χ0n) is 12.3. The number of carbonyl (C=O) groups is 1. The highest BCUT2D eigenvalue weighted by atomic mass is 16.1. The van der Waals surface area contributed by atoms with Gasteiger partial charge < -0.3 is 16.8 Å². The van der Waals surface area contributed by atoms with Gasteiger partial charge in [0.2, 0.25) is 0 Å². The van der Waals surface area contributed by atoms with Crippen molar-refractivity contribution in [2.24, 2.45) is 23.5 Å². The molecular weight excluding hydrogens is 262 g/mol. The van der Waals surface area contributed by atoms with E-state index in [1.165, 1.54) is 38.5 Å². The Morgan fingerprint density at radius 2 is 1.67 bits per heavy atom. The standard InChI is InChI=1S/C17H23N3O/c18-13-1-2-14(16(19)21)15(6-13)20-17-7-10-3-11(8-17)5-12(4-10)9-17/h1-2,6,10-12,20H,3-5,7-9,18H2,(H2,19,21). The third-order valence-electron chi connectivity index (χ3n) is 5.75. The van der Waals surface area contributed by atoms with E-state index in [9.17, 15) is 4.79 Å². The summed E-state index contributed by atoms with van der Waals surface area (Å²) in [4.78, 5) is 11.7. The zero-order valence-corrected chi connectivity index (χ0v) is 12.3. The Kier molecular flexibility index (Phi) is 2.72. The van der Waals surface area contributed by atoms with Gasteiger partial charge >= 0.3 is 0 Å². The minimum absolute atomic E-state index is 0.159. The largest absolute Gasteiger partial charge is 0.399 e. The second-order valence-corrected chi connectivity index (χ2v) is 7.49. The molecule has 0 aliphatic heterocycles. The normalized spacial score (nSPS) is 36.7. The van der Waals surface area contributed by atoms with Gasteiger partial charge in [0, 0.05) is 16.9 Å². The molecule has 0 spiro atoms. The number of carbonyl (C=O) groups excluding carboxylic acids is 1. The van der Waals surface area contributed by atoms with Gasteiger partial charge in [0.25, 0.3) is 5.91 Å². The fraction of sp³-hybridized carbons (Fsp3) is 0.588. The second-order valence-electron chi connectivity index (χ2n) is 7.49. The van der Waals surface area contributed by atoms with Gasteiger partial charge in [-0.1, -0.05) is 0 Å². The minimum atomic E-state index is -0.387. The van der Waals surface area contributed by atoms with Crippen LogP contribution in [0.1, 0.15) is 48.9 Å². The summed E-state index contributed by atoms with van der Waals surface area (Å²) in [7, 11) is 0. The lowest BCUT2D eigenvalue weighted by atomic mass is 9.53. The molecule has 0 heterocycles. The molecule has 0 radical (unpaired) electrons. The van der Waals surface area contributed by atoms with Crippen molar-refractivity contribution in [3.8, 4) is 0 Å². The molecule has 0 saturated heterocycles. The maximum absolute atomic E-state index is 11.7. The molecule has 5 N–H and O–H groups in total. The molecule has 1 aromatic rings. The molecule has 21 heavy (non-hydrogen) atoms. The molecule has 0 atom stereocenters. The van der Waals surface area contributed by atoms with Gasteiger partial charge in [0.05, 0.1) is 5.56 Å². The first-order valence-corrected chi connectivity index (χ1v) is 8.00. The monoisotopic (exact) mass is 285 g/mol. The first-order valence-electron chi connectivity index (χ1n) is 8.00. The Morgan fingerprint density at radius 1 is 1.10 bits per heavy atom. The average Bonchev–Trinajstić information content (AvgIpc) is 2.35. The number of anilines is 2. The van der Waals surface area contributed by atoms with Gasteiger partial charge in [-0.3, -0.25) is 4.79 Å². The molecule has 0 aromatic heterocycles. The third kappa shape index (κ3) is 2.17. The summed E-state index contributed by atoms with van der Waals surface area (Å²) in [6.07, 6.45) is 7.89. The second kappa shape index (κ2) is 4.39. The maximum atomic E-state index is 11.7. The van der Waals surface area contributed by atoms with E-state index in [4.69, 9.17) is 11.5 Å². The predicted octanol–water partition coefficient (Wildman–Crippen LogP) is 2.75. The summed E-state index contributed by atoms with van der Waals surface area (Å²) in [5.74, 6) is 2.20. The molecule has 4 heteroatoms. The van der Waals surface area contributed by atoms with Crippen LogP contribution in [0.2, 0.25) is 0 Å². The molecule has 4 aliphatic rings. The third-order valence-corrected chi connectivity index (χ3v) is 5.75. The summed E-state index contributed by atoms with van der Waals surface area (Å²) >= 11 is 0. The minimum Gasteiger partial charge on any atom is -0.399 e. The summed E-state index contributed by atoms with van der Waals surface area (Å²) < 4.78 is 0. The first-order chi connectivity index (χ1) is 10.0. The summed E-state index contributed by atoms with van der Waals surface area (Å²) in [5, 5.41) is 3.70. The Balaban J connectivity index is 1.67. The van der Waals surface area contributed by atoms with Crippen LogP contribution < -0.4 is 16.8 Å². The smallest absolute Gasteiger partial charge is 0.250 e. The lowest BCUT2D eigenvalue weighted by molar-refractivity contribution is 0.0107. The molecule has 4 saturated carbocycles. The van der Waals surface area contributed by atoms with Crippen LogP contribution in [0.15, 0.2) is 18.2 Å². The molecule has 5 rings (SSSR count). The fourth-order valence-electron chi connectivity index (χ4n) is 5.43. The number of rotatable bonds is 3. The van der Waals surface area contributed by atoms with E-state index in [-0.39, 0.29) is 11.4 Å². The molecule has 4 bridgehead atoms. The van der Waals surface area contributed by atoms with E-state index < -0.39 is 0 Å². The average molecular weight is 285 g/mol. The highest BCUT2D eigenvalue weighted by Gasteiger charge is 2.51. The topological polar surface area (TPSA) is 81.1 Å². The predicted molar refractivity (Wildman–Crippen MR) is 83.9 cm³/mol. The number of benzene rings is 1. The van der Waals surface area contributed by atoms with Crippen molar-refractivity contribution in [3.63, 3.8) is 0 Å². The number of amides is 1. The van der Waals surface area contributed by atoms with Gasteiger partial charge in [-0.2, -0.15) is 0 Å². The van der Waals surface area contributed by atoms with E-state index in [0.29, 0.717) is 11.3 Å². The number of hydrogen-bond acceptors (Lipinski definition) is 3. The van der Waals surface area contributed by atoms with Crippen molar-refractivity contribution < 1.29 is 4.79 Å². The molecule has 4 nitrogen and oxygen atoms in total. The number of nitrogen functional groups attached to an aromatic ring is 1. The summed E-state index contributed by atoms with van der Waals surface area (Å²) in [6, 6.07) is 5.34. The van der Waals surface area contributed by atoms with Gasteiger partial charge in [-0.25, -0.2) is 0 Å². The Hall–Kier alpha value is -1.71. The van der Waals surface area contributed by atoms with Crippen LogP contribution in [-0.2, 0) is 0 Å². The van der Waals surface area contributed by atoms with Crippen LogP contribution in [0, 0.1) is 17.8 Å². The SMILES string of the molecule is NC(=O)c1ccc(N)cc1NC12CC3CC(CC(C3)C1)C2. The number of nitrogens with two attached hydrogens (primary N) is 2. The van der Waals surface area contributed by atoms with Crippen LogP contribution in [0.4, 0.5) is 11.4 Å². The highest BCUT2D eigenvalue weighted by Crippen LogP contribution is 2.56. The van der Waals surface area contributed by atoms with Crippen molar-refractivity contribution in [1.29, 1.82) is 0 Å². The van der Waals surface area contributed by atoms with Crippen molar-refractivity contribution in [1.82, 2.24) is 0 Å². The molecule has 1 aromatic carbocycles. The zero-order chi connectivity index (χ0) is 14.6. The van der Waals surface area contributed by atoms with Crippen LogP contribution in [0.3, 0.4) is 0 Å². The molecule has 4 fully saturated rings. The number of primary amides is 1. The van der Waals surface area contributed by atoms with Crippen LogP contribution >= 0.6 is 0 Å². The van der Waals surface area contributed by atoms with Gasteiger partial charge in [-0.05, 0) is 74.5 Å². The Morgan fingerprint density at radius 3 is 2.19 bits per heavy atom. The molecule has 112 valence electrons. The van der Waals surface area contributed by atoms with Crippen molar-refractivity contribution in [3.05, 3.63) is 23.8 Å². The fourth-order valence-corrected chi connectivity index (χ4v) is 5.43. The first kappa shape index (κ1) is 13.0. The quantitative estimate of drug-likeness (QED) is 0.747. The molecule has 1 amide bonds. The summed E-state index contributed by atoms with van der Waals surface area (Å²) in [5.41, 5.74) is 13.6. The lowest BCUT2D eigenvalue weighted by Crippen LogP contribution is -2.55. The van der Waals surface area contributed by atoms with E-state index >= 15 is 0 Å². The Labute approximate surface area is 125 Å². The van der Waals surface area contributed by atoms with Crippen molar-refractivity contribution >= 4 is 17.3 Å². The molecule has 4 aliphatic carbocycles. The van der Waals surface area contributed by atoms with Crippen molar-refractivity contribution in [2.75, 3.05) is 11.1 Å². The number of hydrogen-bond donors (Lipinski definition) is 3. The summed E-state index contributed by atoms with van der Waals surface area (Å²) in [6.45, 7) is 0. The molecular formula is C17H23N3O. The maximum Gasteiger partial charge on any atom is 0.250 e. The van der Waals surface area contributed by atoms with E-state index in [1.807, 2.05) is 6.07 Å². The van der Waals surface area contributed by atoms with Crippen LogP contribution in [0.5, 0.6) is 0 Å². The van der Waals surface area contributed by atoms with Crippen LogP contribution in [0.25, 0.3) is 0 Å². The van der Waals surface area contributed by atoms with Crippen molar-refractivity contribution in [2.45, 2.75) is 44.1 Å². The van der Waals surface area contributed by atoms with Crippen LogP contribution in [-0.4, -0.2) is 11.4 Å². The van der Waals surface area contributed by atoms with E-state index in [1.54, 1.807) is 12.1 Å². The van der Waals surface area contributed by atoms with E-state index in [2.05, 4.69) is 5.32 Å². The van der Waals surface area contributed by atoms with Gasteiger partial charge in [0.15, 0.2) is 0 Å².